The number of aryl methyl sites for hydroxylation is 2. The number of imidazole rings is 1. The van der Waals surface area contributed by atoms with E-state index < -0.39 is 0 Å². The Bertz CT molecular complexity index is 1150. The minimum atomic E-state index is -0.177. The summed E-state index contributed by atoms with van der Waals surface area (Å²) >= 11 is 0. The first-order valence-corrected chi connectivity index (χ1v) is 12.2. The van der Waals surface area contributed by atoms with Crippen LogP contribution in [0.25, 0.3) is 11.0 Å². The predicted octanol–water partition coefficient (Wildman–Crippen LogP) is 3.79. The summed E-state index contributed by atoms with van der Waals surface area (Å²) in [6.07, 6.45) is 5.06. The van der Waals surface area contributed by atoms with E-state index in [1.165, 1.54) is 12.8 Å². The van der Waals surface area contributed by atoms with E-state index in [4.69, 9.17) is 9.72 Å². The monoisotopic (exact) mass is 462 g/mol. The van der Waals surface area contributed by atoms with Gasteiger partial charge in [0.1, 0.15) is 18.1 Å². The first-order chi connectivity index (χ1) is 16.5. The lowest BCUT2D eigenvalue weighted by Crippen LogP contribution is -2.35. The maximum Gasteiger partial charge on any atom is 0.257 e. The van der Waals surface area contributed by atoms with E-state index in [9.17, 15) is 9.59 Å². The predicted molar refractivity (Wildman–Crippen MR) is 133 cm³/mol. The average Bonchev–Trinajstić information content (AvgIpc) is 2.99. The molecule has 4 rings (SSSR count). The molecule has 1 aliphatic heterocycles. The lowest BCUT2D eigenvalue weighted by molar-refractivity contribution is -0.131. The molecule has 1 aliphatic rings. The Balaban J connectivity index is 1.37. The average molecular weight is 463 g/mol. The minimum Gasteiger partial charge on any atom is -0.483 e. The van der Waals surface area contributed by atoms with Crippen LogP contribution < -0.4 is 10.1 Å². The normalized spacial score (nSPS) is 14.1. The van der Waals surface area contributed by atoms with Gasteiger partial charge < -0.3 is 19.5 Å². The smallest absolute Gasteiger partial charge is 0.257 e. The molecule has 7 nitrogen and oxygen atoms in total. The Morgan fingerprint density at radius 1 is 1.03 bits per heavy atom. The zero-order chi connectivity index (χ0) is 23.9. The fraction of sp³-hybridized carbons (Fsp3) is 0.444. The number of likely N-dealkylation sites (tertiary alicyclic amines) is 1. The number of ether oxygens (including phenoxy) is 1. The number of fused-ring (bicyclic) bond motifs is 1. The lowest BCUT2D eigenvalue weighted by Gasteiger charge is -2.21. The van der Waals surface area contributed by atoms with Gasteiger partial charge in [0.15, 0.2) is 6.61 Å². The van der Waals surface area contributed by atoms with Gasteiger partial charge in [-0.25, -0.2) is 4.98 Å². The van der Waals surface area contributed by atoms with Crippen LogP contribution in [0.4, 0.5) is 0 Å². The quantitative estimate of drug-likeness (QED) is 0.553. The van der Waals surface area contributed by atoms with E-state index in [0.717, 1.165) is 59.7 Å². The number of carbonyl (C=O) groups excluding carboxylic acids is 2. The second kappa shape index (κ2) is 11.2. The van der Waals surface area contributed by atoms with Crippen molar-refractivity contribution < 1.29 is 14.3 Å². The molecule has 3 aromatic rings. The van der Waals surface area contributed by atoms with Crippen LogP contribution in [-0.4, -0.2) is 52.5 Å². The van der Waals surface area contributed by atoms with Crippen molar-refractivity contribution in [2.75, 3.05) is 26.2 Å². The molecule has 7 heteroatoms. The van der Waals surface area contributed by atoms with E-state index >= 15 is 0 Å². The highest BCUT2D eigenvalue weighted by atomic mass is 16.5. The fourth-order valence-corrected chi connectivity index (χ4v) is 4.42. The van der Waals surface area contributed by atoms with Gasteiger partial charge in [0, 0.05) is 26.1 Å². The van der Waals surface area contributed by atoms with Crippen LogP contribution in [0, 0.1) is 13.8 Å². The summed E-state index contributed by atoms with van der Waals surface area (Å²) in [6.45, 7) is 6.29. The number of benzene rings is 2. The summed E-state index contributed by atoms with van der Waals surface area (Å²) in [7, 11) is 0. The topological polar surface area (TPSA) is 76.5 Å². The molecule has 1 N–H and O–H groups in total. The highest BCUT2D eigenvalue weighted by molar-refractivity contribution is 5.81. The Morgan fingerprint density at radius 2 is 1.79 bits per heavy atom. The highest BCUT2D eigenvalue weighted by Gasteiger charge is 2.19. The Labute approximate surface area is 201 Å². The molecule has 2 amide bonds. The van der Waals surface area contributed by atoms with Gasteiger partial charge in [0.2, 0.25) is 5.91 Å². The molecule has 2 aromatic carbocycles. The van der Waals surface area contributed by atoms with E-state index in [1.54, 1.807) is 0 Å². The zero-order valence-electron chi connectivity index (χ0n) is 20.2. The first kappa shape index (κ1) is 23.8. The summed E-state index contributed by atoms with van der Waals surface area (Å²) in [5.41, 5.74) is 3.91. The van der Waals surface area contributed by atoms with Gasteiger partial charge in [-0.3, -0.25) is 9.59 Å². The van der Waals surface area contributed by atoms with E-state index in [1.807, 2.05) is 65.8 Å². The molecule has 0 unspecified atom stereocenters. The molecular formula is C27H34N4O3. The van der Waals surface area contributed by atoms with E-state index in [2.05, 4.69) is 5.32 Å². The summed E-state index contributed by atoms with van der Waals surface area (Å²) in [6, 6.07) is 13.8. The zero-order valence-corrected chi connectivity index (χ0v) is 20.2. The molecule has 2 heterocycles. The molecule has 1 aromatic heterocycles. The lowest BCUT2D eigenvalue weighted by atomic mass is 10.1. The second-order valence-corrected chi connectivity index (χ2v) is 9.06. The number of para-hydroxylation sites is 2. The van der Waals surface area contributed by atoms with Crippen LogP contribution in [0.3, 0.4) is 0 Å². The van der Waals surface area contributed by atoms with Crippen molar-refractivity contribution in [3.8, 4) is 5.75 Å². The second-order valence-electron chi connectivity index (χ2n) is 9.06. The van der Waals surface area contributed by atoms with Crippen LogP contribution in [0.1, 0.15) is 42.6 Å². The SMILES string of the molecule is Cc1ccc(C)c(OCC(=O)NCCc2nc3ccccc3n2CC(=O)N2CCCCCC2)c1. The van der Waals surface area contributed by atoms with Gasteiger partial charge in [-0.1, -0.05) is 37.1 Å². The molecule has 180 valence electrons. The van der Waals surface area contributed by atoms with Crippen molar-refractivity contribution in [2.45, 2.75) is 52.5 Å². The van der Waals surface area contributed by atoms with Crippen LogP contribution in [0.2, 0.25) is 0 Å². The molecule has 0 atom stereocenters. The van der Waals surface area contributed by atoms with E-state index in [-0.39, 0.29) is 25.0 Å². The third-order valence-corrected chi connectivity index (χ3v) is 6.36. The summed E-state index contributed by atoms with van der Waals surface area (Å²) < 4.78 is 7.70. The molecular weight excluding hydrogens is 428 g/mol. The molecule has 0 radical (unpaired) electrons. The van der Waals surface area contributed by atoms with E-state index in [0.29, 0.717) is 13.0 Å². The molecule has 0 saturated carbocycles. The summed E-state index contributed by atoms with van der Waals surface area (Å²) in [5, 5.41) is 2.92. The summed E-state index contributed by atoms with van der Waals surface area (Å²) in [5.74, 6) is 1.49. The molecule has 0 aliphatic carbocycles. The molecule has 34 heavy (non-hydrogen) atoms. The van der Waals surface area contributed by atoms with Crippen molar-refractivity contribution in [3.63, 3.8) is 0 Å². The number of hydrogen-bond donors (Lipinski definition) is 1. The maximum absolute atomic E-state index is 13.1. The molecule has 1 saturated heterocycles. The van der Waals surface area contributed by atoms with Gasteiger partial charge in [0.25, 0.3) is 5.91 Å². The largest absolute Gasteiger partial charge is 0.483 e. The van der Waals surface area contributed by atoms with Crippen molar-refractivity contribution in [3.05, 3.63) is 59.4 Å². The van der Waals surface area contributed by atoms with Crippen LogP contribution >= 0.6 is 0 Å². The highest BCUT2D eigenvalue weighted by Crippen LogP contribution is 2.19. The van der Waals surface area contributed by atoms with Crippen molar-refractivity contribution in [1.82, 2.24) is 19.8 Å². The number of hydrogen-bond acceptors (Lipinski definition) is 4. The van der Waals surface area contributed by atoms with Crippen LogP contribution in [-0.2, 0) is 22.6 Å². The first-order valence-electron chi connectivity index (χ1n) is 12.2. The number of carbonyl (C=O) groups is 2. The van der Waals surface area contributed by atoms with Crippen molar-refractivity contribution >= 4 is 22.8 Å². The number of nitrogens with one attached hydrogen (secondary N) is 1. The number of amides is 2. The van der Waals surface area contributed by atoms with Crippen molar-refractivity contribution in [1.29, 1.82) is 0 Å². The number of aromatic nitrogens is 2. The third kappa shape index (κ3) is 5.95. The Hall–Kier alpha value is -3.35. The van der Waals surface area contributed by atoms with Gasteiger partial charge in [-0.15, -0.1) is 0 Å². The Kier molecular flexibility index (Phi) is 7.83. The van der Waals surface area contributed by atoms with Gasteiger partial charge in [-0.05, 0) is 56.0 Å². The molecule has 1 fully saturated rings. The van der Waals surface area contributed by atoms with Crippen LogP contribution in [0.15, 0.2) is 42.5 Å². The Morgan fingerprint density at radius 3 is 2.59 bits per heavy atom. The fourth-order valence-electron chi connectivity index (χ4n) is 4.42. The minimum absolute atomic E-state index is 0.0336. The standard InChI is InChI=1S/C27H34N4O3/c1-20-11-12-21(2)24(17-20)34-19-26(32)28-14-13-25-29-22-9-5-6-10-23(22)31(25)18-27(33)30-15-7-3-4-8-16-30/h5-6,9-12,17H,3-4,7-8,13-16,18-19H2,1-2H3,(H,28,32). The maximum atomic E-state index is 13.1. The number of rotatable bonds is 8. The summed E-state index contributed by atoms with van der Waals surface area (Å²) in [4.78, 5) is 32.1. The van der Waals surface area contributed by atoms with Gasteiger partial charge >= 0.3 is 0 Å². The third-order valence-electron chi connectivity index (χ3n) is 6.36. The molecule has 0 spiro atoms. The van der Waals surface area contributed by atoms with Crippen molar-refractivity contribution in [2.24, 2.45) is 0 Å². The molecule has 0 bridgehead atoms. The van der Waals surface area contributed by atoms with Gasteiger partial charge in [0.05, 0.1) is 11.0 Å². The van der Waals surface area contributed by atoms with Crippen LogP contribution in [0.5, 0.6) is 5.75 Å². The van der Waals surface area contributed by atoms with Gasteiger partial charge in [-0.2, -0.15) is 0 Å². The number of nitrogens with zero attached hydrogens (tertiary/aromatic N) is 3.